The molecule has 2 aromatic carbocycles. The second-order valence-electron chi connectivity index (χ2n) is 7.15. The predicted molar refractivity (Wildman–Crippen MR) is 113 cm³/mol. The Bertz CT molecular complexity index is 978. The van der Waals surface area contributed by atoms with Crippen LogP contribution in [-0.4, -0.2) is 17.4 Å². The molecule has 0 fully saturated rings. The molecule has 0 spiro atoms. The van der Waals surface area contributed by atoms with Crippen molar-refractivity contribution in [1.82, 2.24) is 4.98 Å². The molecule has 2 heterocycles. The summed E-state index contributed by atoms with van der Waals surface area (Å²) < 4.78 is 0. The zero-order valence-electron chi connectivity index (χ0n) is 15.8. The van der Waals surface area contributed by atoms with Gasteiger partial charge in [-0.05, 0) is 43.2 Å². The van der Waals surface area contributed by atoms with E-state index in [1.54, 1.807) is 11.3 Å². The molecule has 4 nitrogen and oxygen atoms in total. The standard InChI is InChI=1S/C22H23N3OS/c1-14(2)21(26)25-12-11-16-13-17(9-10-19(16)25)20-15(3)27-22(24-20)23-18-7-5-4-6-8-18/h4-10,13-14H,11-12H2,1-3H3,(H,23,24). The molecule has 0 saturated heterocycles. The largest absolute Gasteiger partial charge is 0.332 e. The van der Waals surface area contributed by atoms with Crippen LogP contribution in [0.2, 0.25) is 0 Å². The van der Waals surface area contributed by atoms with Gasteiger partial charge < -0.3 is 10.2 Å². The molecule has 27 heavy (non-hydrogen) atoms. The van der Waals surface area contributed by atoms with Crippen molar-refractivity contribution in [2.75, 3.05) is 16.8 Å². The number of amides is 1. The lowest BCUT2D eigenvalue weighted by Gasteiger charge is -2.19. The molecule has 1 aliphatic rings. The van der Waals surface area contributed by atoms with Gasteiger partial charge in [-0.3, -0.25) is 4.79 Å². The van der Waals surface area contributed by atoms with Gasteiger partial charge in [0.1, 0.15) is 0 Å². The first kappa shape index (κ1) is 17.7. The van der Waals surface area contributed by atoms with E-state index in [2.05, 4.69) is 30.4 Å². The van der Waals surface area contributed by atoms with E-state index in [1.165, 1.54) is 10.4 Å². The first-order chi connectivity index (χ1) is 13.0. The average Bonchev–Trinajstić information content (AvgIpc) is 3.24. The monoisotopic (exact) mass is 377 g/mol. The van der Waals surface area contributed by atoms with Gasteiger partial charge in [0.15, 0.2) is 5.13 Å². The van der Waals surface area contributed by atoms with Gasteiger partial charge in [0.25, 0.3) is 0 Å². The Balaban J connectivity index is 1.61. The van der Waals surface area contributed by atoms with Crippen molar-refractivity contribution in [3.8, 4) is 11.3 Å². The number of fused-ring (bicyclic) bond motifs is 1. The fourth-order valence-electron chi connectivity index (χ4n) is 3.45. The van der Waals surface area contributed by atoms with E-state index in [0.29, 0.717) is 0 Å². The maximum absolute atomic E-state index is 12.4. The Kier molecular flexibility index (Phi) is 4.70. The number of nitrogens with one attached hydrogen (secondary N) is 1. The maximum atomic E-state index is 12.4. The number of anilines is 3. The highest BCUT2D eigenvalue weighted by Crippen LogP contribution is 2.36. The Labute approximate surface area is 163 Å². The fourth-order valence-corrected chi connectivity index (χ4v) is 4.31. The molecule has 0 bridgehead atoms. The molecule has 3 aromatic rings. The van der Waals surface area contributed by atoms with Gasteiger partial charge in [-0.25, -0.2) is 4.98 Å². The second-order valence-corrected chi connectivity index (χ2v) is 8.36. The lowest BCUT2D eigenvalue weighted by atomic mass is 10.1. The minimum atomic E-state index is 0.0167. The molecule has 0 radical (unpaired) electrons. The van der Waals surface area contributed by atoms with Crippen LogP contribution in [0.5, 0.6) is 0 Å². The van der Waals surface area contributed by atoms with E-state index in [-0.39, 0.29) is 11.8 Å². The maximum Gasteiger partial charge on any atom is 0.229 e. The highest BCUT2D eigenvalue weighted by atomic mass is 32.1. The lowest BCUT2D eigenvalue weighted by Crippen LogP contribution is -2.32. The molecule has 4 rings (SSSR count). The third-order valence-electron chi connectivity index (χ3n) is 4.83. The summed E-state index contributed by atoms with van der Waals surface area (Å²) in [6.07, 6.45) is 0.903. The molecule has 0 aliphatic carbocycles. The second kappa shape index (κ2) is 7.16. The fraction of sp³-hybridized carbons (Fsp3) is 0.273. The van der Waals surface area contributed by atoms with Crippen LogP contribution in [0.15, 0.2) is 48.5 Å². The summed E-state index contributed by atoms with van der Waals surface area (Å²) in [7, 11) is 0. The molecule has 1 aromatic heterocycles. The number of hydrogen-bond donors (Lipinski definition) is 1. The Hall–Kier alpha value is -2.66. The predicted octanol–water partition coefficient (Wildman–Crippen LogP) is 5.41. The van der Waals surface area contributed by atoms with Gasteiger partial charge in [0.2, 0.25) is 5.91 Å². The quantitative estimate of drug-likeness (QED) is 0.661. The molecule has 0 atom stereocenters. The number of para-hydroxylation sites is 1. The van der Waals surface area contributed by atoms with E-state index < -0.39 is 0 Å². The number of benzene rings is 2. The van der Waals surface area contributed by atoms with Gasteiger partial charge >= 0.3 is 0 Å². The third-order valence-corrected chi connectivity index (χ3v) is 5.72. The topological polar surface area (TPSA) is 45.2 Å². The molecule has 0 unspecified atom stereocenters. The molecule has 1 aliphatic heterocycles. The van der Waals surface area contributed by atoms with Crippen molar-refractivity contribution in [1.29, 1.82) is 0 Å². The number of hydrogen-bond acceptors (Lipinski definition) is 4. The number of carbonyl (C=O) groups excluding carboxylic acids is 1. The summed E-state index contributed by atoms with van der Waals surface area (Å²) in [5, 5.41) is 4.27. The SMILES string of the molecule is Cc1sc(Nc2ccccc2)nc1-c1ccc2c(c1)CCN2C(=O)C(C)C. The minimum absolute atomic E-state index is 0.0167. The van der Waals surface area contributed by atoms with Crippen LogP contribution >= 0.6 is 11.3 Å². The highest BCUT2D eigenvalue weighted by molar-refractivity contribution is 7.16. The van der Waals surface area contributed by atoms with Crippen molar-refractivity contribution in [2.24, 2.45) is 5.92 Å². The van der Waals surface area contributed by atoms with Gasteiger partial charge in [0.05, 0.1) is 5.69 Å². The van der Waals surface area contributed by atoms with Crippen molar-refractivity contribution in [2.45, 2.75) is 27.2 Å². The van der Waals surface area contributed by atoms with Crippen molar-refractivity contribution in [3.05, 3.63) is 59.0 Å². The molecular weight excluding hydrogens is 354 g/mol. The van der Waals surface area contributed by atoms with E-state index in [4.69, 9.17) is 4.98 Å². The van der Waals surface area contributed by atoms with Crippen molar-refractivity contribution >= 4 is 33.8 Å². The normalized spacial score (nSPS) is 13.1. The minimum Gasteiger partial charge on any atom is -0.332 e. The van der Waals surface area contributed by atoms with Gasteiger partial charge in [0, 0.05) is 34.3 Å². The lowest BCUT2D eigenvalue weighted by molar-refractivity contribution is -0.121. The number of carbonyl (C=O) groups is 1. The van der Waals surface area contributed by atoms with E-state index in [9.17, 15) is 4.79 Å². The Morgan fingerprint density at radius 3 is 2.70 bits per heavy atom. The Morgan fingerprint density at radius 2 is 1.96 bits per heavy atom. The van der Waals surface area contributed by atoms with Crippen LogP contribution in [0.1, 0.15) is 24.3 Å². The Morgan fingerprint density at radius 1 is 1.19 bits per heavy atom. The first-order valence-corrected chi connectivity index (χ1v) is 10.1. The van der Waals surface area contributed by atoms with E-state index >= 15 is 0 Å². The molecule has 1 N–H and O–H groups in total. The van der Waals surface area contributed by atoms with E-state index in [1.807, 2.05) is 49.1 Å². The van der Waals surface area contributed by atoms with Crippen LogP contribution in [0.25, 0.3) is 11.3 Å². The van der Waals surface area contributed by atoms with Crippen LogP contribution in [0, 0.1) is 12.8 Å². The summed E-state index contributed by atoms with van der Waals surface area (Å²) in [6, 6.07) is 16.4. The van der Waals surface area contributed by atoms with E-state index in [0.717, 1.165) is 40.7 Å². The zero-order valence-corrected chi connectivity index (χ0v) is 16.6. The summed E-state index contributed by atoms with van der Waals surface area (Å²) in [5.41, 5.74) is 5.44. The highest BCUT2D eigenvalue weighted by Gasteiger charge is 2.26. The van der Waals surface area contributed by atoms with Gasteiger partial charge in [-0.2, -0.15) is 0 Å². The molecule has 5 heteroatoms. The van der Waals surface area contributed by atoms with Crippen LogP contribution in [0.3, 0.4) is 0 Å². The van der Waals surface area contributed by atoms with Crippen molar-refractivity contribution in [3.63, 3.8) is 0 Å². The number of rotatable bonds is 4. The third kappa shape index (κ3) is 3.47. The number of thiazole rings is 1. The van der Waals surface area contributed by atoms with Crippen LogP contribution in [0.4, 0.5) is 16.5 Å². The van der Waals surface area contributed by atoms with Crippen LogP contribution in [-0.2, 0) is 11.2 Å². The van der Waals surface area contributed by atoms with Gasteiger partial charge in [-0.1, -0.05) is 38.1 Å². The van der Waals surface area contributed by atoms with Crippen molar-refractivity contribution < 1.29 is 4.79 Å². The zero-order chi connectivity index (χ0) is 19.0. The summed E-state index contributed by atoms with van der Waals surface area (Å²) in [6.45, 7) is 6.78. The molecule has 1 amide bonds. The number of aromatic nitrogens is 1. The van der Waals surface area contributed by atoms with Crippen LogP contribution < -0.4 is 10.2 Å². The first-order valence-electron chi connectivity index (χ1n) is 9.27. The molecule has 138 valence electrons. The molecule has 0 saturated carbocycles. The average molecular weight is 378 g/mol. The summed E-state index contributed by atoms with van der Waals surface area (Å²) in [5.74, 6) is 0.212. The summed E-state index contributed by atoms with van der Waals surface area (Å²) >= 11 is 1.66. The number of nitrogens with zero attached hydrogens (tertiary/aromatic N) is 2. The summed E-state index contributed by atoms with van der Waals surface area (Å²) in [4.78, 5) is 20.3. The molecular formula is C22H23N3OS. The number of aryl methyl sites for hydroxylation is 1. The van der Waals surface area contributed by atoms with Gasteiger partial charge in [-0.15, -0.1) is 11.3 Å². The smallest absolute Gasteiger partial charge is 0.229 e.